The normalized spacial score (nSPS) is 18.6. The Morgan fingerprint density at radius 1 is 0.889 bits per heavy atom. The minimum atomic E-state index is -1.45. The Morgan fingerprint density at radius 2 is 1.69 bits per heavy atom. The van der Waals surface area contributed by atoms with E-state index in [1.165, 1.54) is 5.56 Å². The molecule has 0 radical (unpaired) electrons. The van der Waals surface area contributed by atoms with Gasteiger partial charge >= 0.3 is 6.03 Å². The number of nitrogens with one attached hydrogen (secondary N) is 2. The van der Waals surface area contributed by atoms with Gasteiger partial charge in [0.25, 0.3) is 11.8 Å². The van der Waals surface area contributed by atoms with Crippen molar-refractivity contribution in [1.29, 1.82) is 0 Å². The lowest BCUT2D eigenvalue weighted by Crippen LogP contribution is -2.71. The monoisotopic (exact) mass is 484 g/mol. The summed E-state index contributed by atoms with van der Waals surface area (Å²) in [6.07, 6.45) is 8.14. The van der Waals surface area contributed by atoms with E-state index in [1.807, 2.05) is 24.3 Å². The Balaban J connectivity index is 1.21. The summed E-state index contributed by atoms with van der Waals surface area (Å²) in [6, 6.07) is 12.7. The molecule has 2 N–H and O–H groups in total. The molecule has 6 rings (SSSR count). The van der Waals surface area contributed by atoms with Gasteiger partial charge in [0.2, 0.25) is 5.88 Å². The van der Waals surface area contributed by atoms with Crippen LogP contribution < -0.4 is 25.2 Å². The molecular weight excluding hydrogens is 460 g/mol. The second-order valence-electron chi connectivity index (χ2n) is 9.06. The van der Waals surface area contributed by atoms with Crippen LogP contribution in [0, 0.1) is 0 Å². The van der Waals surface area contributed by atoms with Crippen molar-refractivity contribution in [2.75, 3.05) is 22.9 Å². The Kier molecular flexibility index (Phi) is 5.28. The van der Waals surface area contributed by atoms with Crippen LogP contribution in [0.1, 0.15) is 24.8 Å². The molecule has 0 bridgehead atoms. The number of urea groups is 1. The summed E-state index contributed by atoms with van der Waals surface area (Å²) < 4.78 is 6.03. The van der Waals surface area contributed by atoms with Gasteiger partial charge in [-0.3, -0.25) is 25.2 Å². The number of aryl methyl sites for hydroxylation is 1. The van der Waals surface area contributed by atoms with Gasteiger partial charge in [-0.2, -0.15) is 0 Å². The van der Waals surface area contributed by atoms with Gasteiger partial charge in [0.05, 0.1) is 11.9 Å². The maximum atomic E-state index is 12.7. The molecule has 182 valence electrons. The lowest BCUT2D eigenvalue weighted by molar-refractivity contribution is -0.137. The molecule has 2 fully saturated rings. The van der Waals surface area contributed by atoms with Crippen LogP contribution in [0.25, 0.3) is 0 Å². The van der Waals surface area contributed by atoms with E-state index >= 15 is 0 Å². The SMILES string of the molecule is O=C1NC(=O)C2(CCCN2c2ccc(Oc3ccc4c(c3)CCCN4c3ccncc3)nc2)C(=O)N1. The van der Waals surface area contributed by atoms with Crippen molar-refractivity contribution >= 4 is 34.9 Å². The number of pyridine rings is 2. The van der Waals surface area contributed by atoms with E-state index in [-0.39, 0.29) is 0 Å². The lowest BCUT2D eigenvalue weighted by atomic mass is 9.92. The second kappa shape index (κ2) is 8.63. The van der Waals surface area contributed by atoms with Crippen LogP contribution >= 0.6 is 0 Å². The smallest absolute Gasteiger partial charge is 0.328 e. The molecular formula is C26H24N6O4. The van der Waals surface area contributed by atoms with Gasteiger partial charge in [0, 0.05) is 42.9 Å². The summed E-state index contributed by atoms with van der Waals surface area (Å²) in [7, 11) is 0. The lowest BCUT2D eigenvalue weighted by Gasteiger charge is -2.38. The Bertz CT molecular complexity index is 1320. The first-order chi connectivity index (χ1) is 17.5. The zero-order valence-corrected chi connectivity index (χ0v) is 19.4. The highest BCUT2D eigenvalue weighted by Gasteiger charge is 2.57. The molecule has 0 saturated carbocycles. The first-order valence-corrected chi connectivity index (χ1v) is 11.9. The van der Waals surface area contributed by atoms with Crippen LogP contribution in [0.15, 0.2) is 61.1 Å². The van der Waals surface area contributed by atoms with Crippen LogP contribution in [-0.2, 0) is 16.0 Å². The van der Waals surface area contributed by atoms with Gasteiger partial charge in [0.1, 0.15) is 5.75 Å². The summed E-state index contributed by atoms with van der Waals surface area (Å²) in [5.74, 6) is -0.123. The minimum Gasteiger partial charge on any atom is -0.439 e. The Hall–Kier alpha value is -4.47. The molecule has 0 atom stereocenters. The van der Waals surface area contributed by atoms with E-state index in [2.05, 4.69) is 31.6 Å². The van der Waals surface area contributed by atoms with Crippen LogP contribution in [0.4, 0.5) is 21.9 Å². The number of rotatable bonds is 4. The second-order valence-corrected chi connectivity index (χ2v) is 9.06. The molecule has 1 aromatic carbocycles. The van der Waals surface area contributed by atoms with E-state index < -0.39 is 23.4 Å². The number of aromatic nitrogens is 2. The molecule has 10 nitrogen and oxygen atoms in total. The number of hydrogen-bond acceptors (Lipinski definition) is 8. The van der Waals surface area contributed by atoms with Gasteiger partial charge in [-0.05, 0) is 67.6 Å². The van der Waals surface area contributed by atoms with Crippen molar-refractivity contribution in [3.63, 3.8) is 0 Å². The predicted octanol–water partition coefficient (Wildman–Crippen LogP) is 3.06. The number of hydrogen-bond donors (Lipinski definition) is 2. The standard InChI is InChI=1S/C26H24N6O4/c33-23-26(24(34)30-25(35)29-23)10-2-14-32(26)19-4-7-22(28-16-19)36-20-5-6-21-17(15-20)3-1-13-31(21)18-8-11-27-12-9-18/h4-9,11-12,15-16H,1-3,10,13-14H2,(H2,29,30,33,34,35). The highest BCUT2D eigenvalue weighted by molar-refractivity contribution is 6.24. The highest BCUT2D eigenvalue weighted by Crippen LogP contribution is 2.38. The summed E-state index contributed by atoms with van der Waals surface area (Å²) in [6.45, 7) is 1.44. The molecule has 5 heterocycles. The molecule has 2 aromatic heterocycles. The molecule has 0 unspecified atom stereocenters. The maximum Gasteiger partial charge on any atom is 0.328 e. The number of imide groups is 2. The first kappa shape index (κ1) is 22.0. The third kappa shape index (κ3) is 3.62. The van der Waals surface area contributed by atoms with Gasteiger partial charge in [-0.15, -0.1) is 0 Å². The molecule has 1 spiro atoms. The summed E-state index contributed by atoms with van der Waals surface area (Å²) >= 11 is 0. The van der Waals surface area contributed by atoms with Crippen molar-refractivity contribution in [2.24, 2.45) is 0 Å². The number of carbonyl (C=O) groups excluding carboxylic acids is 3. The Labute approximate surface area is 207 Å². The summed E-state index contributed by atoms with van der Waals surface area (Å²) in [4.78, 5) is 49.4. The van der Waals surface area contributed by atoms with Gasteiger partial charge in [-0.1, -0.05) is 0 Å². The average Bonchev–Trinajstić information content (AvgIpc) is 3.34. The van der Waals surface area contributed by atoms with Gasteiger partial charge in [-0.25, -0.2) is 9.78 Å². The van der Waals surface area contributed by atoms with Crippen LogP contribution in [0.3, 0.4) is 0 Å². The van der Waals surface area contributed by atoms with E-state index in [1.54, 1.807) is 35.6 Å². The first-order valence-electron chi connectivity index (χ1n) is 11.9. The van der Waals surface area contributed by atoms with Crippen molar-refractivity contribution in [3.05, 3.63) is 66.6 Å². The molecule has 3 aliphatic rings. The largest absolute Gasteiger partial charge is 0.439 e. The van der Waals surface area contributed by atoms with Crippen LogP contribution in [0.5, 0.6) is 11.6 Å². The number of barbiturate groups is 1. The number of ether oxygens (including phenoxy) is 1. The topological polar surface area (TPSA) is 117 Å². The number of nitrogens with zero attached hydrogens (tertiary/aromatic N) is 4. The highest BCUT2D eigenvalue weighted by atomic mass is 16.5. The third-order valence-electron chi connectivity index (χ3n) is 6.99. The number of carbonyl (C=O) groups is 3. The number of amides is 4. The zero-order chi connectivity index (χ0) is 24.7. The van der Waals surface area contributed by atoms with E-state index in [0.717, 1.165) is 30.8 Å². The van der Waals surface area contributed by atoms with Gasteiger partial charge < -0.3 is 14.5 Å². The van der Waals surface area contributed by atoms with Crippen molar-refractivity contribution in [2.45, 2.75) is 31.2 Å². The van der Waals surface area contributed by atoms with Crippen molar-refractivity contribution < 1.29 is 19.1 Å². The van der Waals surface area contributed by atoms with E-state index in [0.29, 0.717) is 36.7 Å². The van der Waals surface area contributed by atoms with E-state index in [9.17, 15) is 14.4 Å². The number of anilines is 3. The molecule has 10 heteroatoms. The fourth-order valence-corrected chi connectivity index (χ4v) is 5.33. The van der Waals surface area contributed by atoms with Crippen LogP contribution in [-0.4, -0.2) is 46.4 Å². The fourth-order valence-electron chi connectivity index (χ4n) is 5.33. The maximum absolute atomic E-state index is 12.7. The molecule has 3 aliphatic heterocycles. The molecule has 36 heavy (non-hydrogen) atoms. The quantitative estimate of drug-likeness (QED) is 0.543. The average molecular weight is 485 g/mol. The predicted molar refractivity (Wildman–Crippen MR) is 131 cm³/mol. The van der Waals surface area contributed by atoms with E-state index in [4.69, 9.17) is 4.74 Å². The van der Waals surface area contributed by atoms with Crippen LogP contribution in [0.2, 0.25) is 0 Å². The summed E-state index contributed by atoms with van der Waals surface area (Å²) in [5, 5.41) is 4.44. The van der Waals surface area contributed by atoms with Gasteiger partial charge in [0.15, 0.2) is 5.54 Å². The fraction of sp³-hybridized carbons (Fsp3) is 0.269. The number of benzene rings is 1. The molecule has 4 amide bonds. The molecule has 0 aliphatic carbocycles. The Morgan fingerprint density at radius 3 is 2.44 bits per heavy atom. The van der Waals surface area contributed by atoms with Crippen molar-refractivity contribution in [3.8, 4) is 11.6 Å². The minimum absolute atomic E-state index is 0.321. The molecule has 2 saturated heterocycles. The third-order valence-corrected chi connectivity index (χ3v) is 6.99. The molecule has 3 aromatic rings. The van der Waals surface area contributed by atoms with Crippen molar-refractivity contribution in [1.82, 2.24) is 20.6 Å². The number of fused-ring (bicyclic) bond motifs is 1. The summed E-state index contributed by atoms with van der Waals surface area (Å²) in [5.41, 5.74) is 2.64. The zero-order valence-electron chi connectivity index (χ0n) is 19.4.